The monoisotopic (exact) mass is 464 g/mol. The Morgan fingerprint density at radius 2 is 1.62 bits per heavy atom. The summed E-state index contributed by atoms with van der Waals surface area (Å²) in [4.78, 5) is 24.6. The summed E-state index contributed by atoms with van der Waals surface area (Å²) >= 11 is 0. The Balaban J connectivity index is 1.32. The Bertz CT molecular complexity index is 975. The van der Waals surface area contributed by atoms with E-state index in [1.54, 1.807) is 0 Å². The van der Waals surface area contributed by atoms with Crippen LogP contribution in [0.3, 0.4) is 0 Å². The normalized spacial score (nSPS) is 19.8. The number of nitrogens with one attached hydrogen (secondary N) is 3. The molecular weight excluding hydrogens is 424 g/mol. The first-order valence-electron chi connectivity index (χ1n) is 13.0. The highest BCUT2D eigenvalue weighted by molar-refractivity contribution is 5.91. The van der Waals surface area contributed by atoms with Gasteiger partial charge in [-0.1, -0.05) is 32.0 Å². The third-order valence-corrected chi connectivity index (χ3v) is 7.22. The number of hydrogen-bond donors (Lipinski definition) is 3. The summed E-state index contributed by atoms with van der Waals surface area (Å²) in [6.07, 6.45) is 10.2. The van der Waals surface area contributed by atoms with Gasteiger partial charge >= 0.3 is 6.03 Å². The fourth-order valence-electron chi connectivity index (χ4n) is 5.31. The van der Waals surface area contributed by atoms with Gasteiger partial charge in [0.2, 0.25) is 5.95 Å². The summed E-state index contributed by atoms with van der Waals surface area (Å²) in [5.74, 6) is 1.81. The number of para-hydroxylation sites is 1. The lowest BCUT2D eigenvalue weighted by molar-refractivity contribution is 0.243. The lowest BCUT2D eigenvalue weighted by atomic mass is 9.91. The van der Waals surface area contributed by atoms with Crippen LogP contribution in [0.5, 0.6) is 0 Å². The van der Waals surface area contributed by atoms with Gasteiger partial charge < -0.3 is 20.9 Å². The Hall–Kier alpha value is -2.83. The molecule has 0 aliphatic heterocycles. The average Bonchev–Trinajstić information content (AvgIpc) is 2.84. The Labute approximate surface area is 204 Å². The molecule has 34 heavy (non-hydrogen) atoms. The minimum atomic E-state index is -0.0966. The van der Waals surface area contributed by atoms with Crippen LogP contribution in [-0.2, 0) is 25.7 Å². The molecule has 0 saturated heterocycles. The van der Waals surface area contributed by atoms with E-state index >= 15 is 0 Å². The number of carbonyl (C=O) groups excluding carboxylic acids is 1. The van der Waals surface area contributed by atoms with Crippen LogP contribution in [0.4, 0.5) is 22.2 Å². The minimum Gasteiger partial charge on any atom is -0.362 e. The third kappa shape index (κ3) is 5.62. The van der Waals surface area contributed by atoms with Crippen molar-refractivity contribution in [1.29, 1.82) is 0 Å². The Morgan fingerprint density at radius 1 is 0.971 bits per heavy atom. The zero-order valence-electron chi connectivity index (χ0n) is 21.2. The first-order chi connectivity index (χ1) is 16.5. The highest BCUT2D eigenvalue weighted by atomic mass is 16.2. The van der Waals surface area contributed by atoms with Gasteiger partial charge in [0.15, 0.2) is 0 Å². The van der Waals surface area contributed by atoms with Gasteiger partial charge in [-0.15, -0.1) is 0 Å². The van der Waals surface area contributed by atoms with Crippen molar-refractivity contribution in [3.63, 3.8) is 0 Å². The van der Waals surface area contributed by atoms with Crippen LogP contribution in [0.25, 0.3) is 0 Å². The summed E-state index contributed by atoms with van der Waals surface area (Å²) in [5.41, 5.74) is 5.87. The Morgan fingerprint density at radius 3 is 2.26 bits per heavy atom. The van der Waals surface area contributed by atoms with Gasteiger partial charge in [0.25, 0.3) is 0 Å². The highest BCUT2D eigenvalue weighted by Gasteiger charge is 2.25. The van der Waals surface area contributed by atoms with Gasteiger partial charge in [-0.05, 0) is 75.3 Å². The van der Waals surface area contributed by atoms with E-state index in [1.165, 1.54) is 35.2 Å². The molecule has 2 aliphatic carbocycles. The summed E-state index contributed by atoms with van der Waals surface area (Å²) in [5, 5.41) is 9.93. The van der Waals surface area contributed by atoms with Gasteiger partial charge in [0, 0.05) is 37.4 Å². The number of carbonyl (C=O) groups is 1. The zero-order valence-corrected chi connectivity index (χ0v) is 21.2. The van der Waals surface area contributed by atoms with Crippen LogP contribution in [-0.4, -0.2) is 42.2 Å². The molecule has 1 aromatic carbocycles. The molecule has 2 aliphatic rings. The van der Waals surface area contributed by atoms with Crippen molar-refractivity contribution in [3.05, 3.63) is 40.6 Å². The number of anilines is 3. The number of fused-ring (bicyclic) bond motifs is 1. The minimum absolute atomic E-state index is 0.0966. The van der Waals surface area contributed by atoms with E-state index in [-0.39, 0.29) is 12.1 Å². The quantitative estimate of drug-likeness (QED) is 0.532. The predicted molar refractivity (Wildman–Crippen MR) is 140 cm³/mol. The van der Waals surface area contributed by atoms with E-state index < -0.39 is 0 Å². The van der Waals surface area contributed by atoms with Crippen molar-refractivity contribution in [2.75, 3.05) is 29.6 Å². The van der Waals surface area contributed by atoms with E-state index in [4.69, 9.17) is 9.97 Å². The van der Waals surface area contributed by atoms with Crippen molar-refractivity contribution in [2.45, 2.75) is 90.1 Å². The molecule has 184 valence electrons. The number of nitrogens with zero attached hydrogens (tertiary/aromatic N) is 3. The van der Waals surface area contributed by atoms with Crippen LogP contribution in [0.2, 0.25) is 0 Å². The molecular formula is C27H40N6O. The molecule has 4 rings (SSSR count). The average molecular weight is 465 g/mol. The fourth-order valence-corrected chi connectivity index (χ4v) is 5.31. The van der Waals surface area contributed by atoms with Crippen molar-refractivity contribution in [3.8, 4) is 0 Å². The van der Waals surface area contributed by atoms with Crippen molar-refractivity contribution in [1.82, 2.24) is 15.3 Å². The SMILES string of the molecule is CCc1cccc(CC)c1NC(=O)N[C@H]1CC[C@@H](Nc2nc3c(c(N(C)C)n2)CCCC3)CC1. The van der Waals surface area contributed by atoms with Gasteiger partial charge in [0.05, 0.1) is 5.69 Å². The topological polar surface area (TPSA) is 82.2 Å². The lowest BCUT2D eigenvalue weighted by Crippen LogP contribution is -2.42. The van der Waals surface area contributed by atoms with E-state index in [9.17, 15) is 4.79 Å². The smallest absolute Gasteiger partial charge is 0.319 e. The molecule has 1 heterocycles. The van der Waals surface area contributed by atoms with E-state index in [2.05, 4.69) is 67.0 Å². The van der Waals surface area contributed by atoms with Crippen LogP contribution >= 0.6 is 0 Å². The molecule has 0 atom stereocenters. The van der Waals surface area contributed by atoms with Crippen molar-refractivity contribution < 1.29 is 4.79 Å². The lowest BCUT2D eigenvalue weighted by Gasteiger charge is -2.30. The number of aryl methyl sites for hydroxylation is 3. The summed E-state index contributed by atoms with van der Waals surface area (Å²) < 4.78 is 0. The summed E-state index contributed by atoms with van der Waals surface area (Å²) in [7, 11) is 4.12. The van der Waals surface area contributed by atoms with Gasteiger partial charge in [0.1, 0.15) is 5.82 Å². The summed E-state index contributed by atoms with van der Waals surface area (Å²) in [6.45, 7) is 4.25. The molecule has 0 radical (unpaired) electrons. The van der Waals surface area contributed by atoms with Gasteiger partial charge in [-0.3, -0.25) is 0 Å². The molecule has 1 aromatic heterocycles. The second kappa shape index (κ2) is 11.1. The molecule has 0 bridgehead atoms. The molecule has 1 fully saturated rings. The zero-order chi connectivity index (χ0) is 24.1. The first kappa shape index (κ1) is 24.3. The Kier molecular flexibility index (Phi) is 7.91. The number of aromatic nitrogens is 2. The van der Waals surface area contributed by atoms with Crippen LogP contribution in [0, 0.1) is 0 Å². The number of amides is 2. The molecule has 0 unspecified atom stereocenters. The van der Waals surface area contributed by atoms with Crippen LogP contribution in [0.15, 0.2) is 18.2 Å². The van der Waals surface area contributed by atoms with Crippen molar-refractivity contribution >= 4 is 23.5 Å². The van der Waals surface area contributed by atoms with Gasteiger partial charge in [-0.25, -0.2) is 9.78 Å². The summed E-state index contributed by atoms with van der Waals surface area (Å²) in [6, 6.07) is 6.69. The largest absolute Gasteiger partial charge is 0.362 e. The first-order valence-corrected chi connectivity index (χ1v) is 13.0. The maximum absolute atomic E-state index is 12.8. The van der Waals surface area contributed by atoms with Gasteiger partial charge in [-0.2, -0.15) is 4.98 Å². The molecule has 7 heteroatoms. The second-order valence-corrected chi connectivity index (χ2v) is 9.85. The van der Waals surface area contributed by atoms with Crippen LogP contribution in [0.1, 0.15) is 74.8 Å². The standard InChI is InChI=1S/C27H40N6O/c1-5-18-10-9-11-19(6-2)24(18)31-27(34)29-21-16-14-20(15-17-21)28-26-30-23-13-8-7-12-22(23)25(32-26)33(3)4/h9-11,20-21H,5-8,12-17H2,1-4H3,(H,28,30,32)(H2,29,31,34)/t20-,21+. The second-order valence-electron chi connectivity index (χ2n) is 9.85. The molecule has 2 amide bonds. The van der Waals surface area contributed by atoms with E-state index in [0.29, 0.717) is 6.04 Å². The van der Waals surface area contributed by atoms with Crippen molar-refractivity contribution in [2.24, 2.45) is 0 Å². The maximum Gasteiger partial charge on any atom is 0.319 e. The fraction of sp³-hybridized carbons (Fsp3) is 0.593. The number of rotatable bonds is 7. The molecule has 3 N–H and O–H groups in total. The molecule has 7 nitrogen and oxygen atoms in total. The van der Waals surface area contributed by atoms with E-state index in [0.717, 1.165) is 68.8 Å². The molecule has 1 saturated carbocycles. The number of urea groups is 1. The van der Waals surface area contributed by atoms with E-state index in [1.807, 2.05) is 0 Å². The number of benzene rings is 1. The maximum atomic E-state index is 12.8. The molecule has 2 aromatic rings. The highest BCUT2D eigenvalue weighted by Crippen LogP contribution is 2.29. The molecule has 0 spiro atoms. The third-order valence-electron chi connectivity index (χ3n) is 7.22. The number of hydrogen-bond acceptors (Lipinski definition) is 5. The predicted octanol–water partition coefficient (Wildman–Crippen LogP) is 5.09. The van der Waals surface area contributed by atoms with Crippen LogP contribution < -0.4 is 20.9 Å².